The van der Waals surface area contributed by atoms with Crippen molar-refractivity contribution in [2.24, 2.45) is 7.05 Å². The number of nitrogens with zero attached hydrogens (tertiary/aromatic N) is 4. The second-order valence-corrected chi connectivity index (χ2v) is 8.16. The van der Waals surface area contributed by atoms with Crippen LogP contribution in [0.1, 0.15) is 21.6 Å². The number of carbonyl (C=O) groups excluding carboxylic acids is 1. The zero-order valence-electron chi connectivity index (χ0n) is 17.2. The molecule has 6 heteroatoms. The summed E-state index contributed by atoms with van der Waals surface area (Å²) < 4.78 is 1.75. The Morgan fingerprint density at radius 1 is 1.23 bits per heavy atom. The van der Waals surface area contributed by atoms with Gasteiger partial charge in [0.25, 0.3) is 5.91 Å². The summed E-state index contributed by atoms with van der Waals surface area (Å²) in [5.74, 6) is -0.0212. The fourth-order valence-electron chi connectivity index (χ4n) is 3.67. The first kappa shape index (κ1) is 20.0. The van der Waals surface area contributed by atoms with Crippen LogP contribution in [0, 0.1) is 6.92 Å². The molecule has 4 rings (SSSR count). The molecular formula is C24H24N4OS. The summed E-state index contributed by atoms with van der Waals surface area (Å²) in [4.78, 5) is 21.3. The van der Waals surface area contributed by atoms with Crippen molar-refractivity contribution in [1.29, 1.82) is 0 Å². The van der Waals surface area contributed by atoms with Gasteiger partial charge >= 0.3 is 0 Å². The molecule has 0 spiro atoms. The Morgan fingerprint density at radius 3 is 2.73 bits per heavy atom. The molecule has 0 unspecified atom stereocenters. The molecular weight excluding hydrogens is 392 g/mol. The third-order valence-electron chi connectivity index (χ3n) is 5.12. The highest BCUT2D eigenvalue weighted by Gasteiger charge is 2.23. The minimum atomic E-state index is -0.0212. The van der Waals surface area contributed by atoms with E-state index in [2.05, 4.69) is 23.8 Å². The summed E-state index contributed by atoms with van der Waals surface area (Å²) in [5, 5.41) is 7.35. The molecule has 0 saturated heterocycles. The molecule has 0 atom stereocenters. The number of aromatic nitrogens is 3. The third-order valence-corrected chi connectivity index (χ3v) is 6.02. The predicted molar refractivity (Wildman–Crippen MR) is 123 cm³/mol. The van der Waals surface area contributed by atoms with Gasteiger partial charge in [-0.3, -0.25) is 9.48 Å². The maximum absolute atomic E-state index is 13.7. The number of benzene rings is 1. The van der Waals surface area contributed by atoms with E-state index in [4.69, 9.17) is 4.98 Å². The zero-order valence-corrected chi connectivity index (χ0v) is 18.0. The van der Waals surface area contributed by atoms with Crippen molar-refractivity contribution >= 4 is 28.3 Å². The fraction of sp³-hybridized carbons (Fsp3) is 0.208. The first-order valence-electron chi connectivity index (χ1n) is 9.91. The smallest absolute Gasteiger partial charge is 0.255 e. The molecule has 30 heavy (non-hydrogen) atoms. The Labute approximate surface area is 180 Å². The Hall–Kier alpha value is -3.25. The van der Waals surface area contributed by atoms with Gasteiger partial charge < -0.3 is 4.90 Å². The molecule has 0 saturated carbocycles. The number of aryl methyl sites for hydroxylation is 2. The van der Waals surface area contributed by atoms with Gasteiger partial charge in [-0.05, 0) is 36.4 Å². The van der Waals surface area contributed by atoms with Crippen molar-refractivity contribution in [2.75, 3.05) is 13.1 Å². The van der Waals surface area contributed by atoms with E-state index in [1.165, 1.54) is 5.56 Å². The lowest BCUT2D eigenvalue weighted by molar-refractivity contribution is 0.0777. The average molecular weight is 417 g/mol. The first-order valence-corrected chi connectivity index (χ1v) is 10.8. The first-order chi connectivity index (χ1) is 14.6. The van der Waals surface area contributed by atoms with Crippen LogP contribution in [0.3, 0.4) is 0 Å². The van der Waals surface area contributed by atoms with Crippen molar-refractivity contribution < 1.29 is 4.79 Å². The largest absolute Gasteiger partial charge is 0.335 e. The lowest BCUT2D eigenvalue weighted by atomic mass is 10.1. The van der Waals surface area contributed by atoms with E-state index in [-0.39, 0.29) is 5.91 Å². The monoisotopic (exact) mass is 416 g/mol. The molecule has 3 aromatic heterocycles. The zero-order chi connectivity index (χ0) is 21.1. The van der Waals surface area contributed by atoms with Crippen LogP contribution < -0.4 is 0 Å². The van der Waals surface area contributed by atoms with E-state index in [1.807, 2.05) is 60.6 Å². The molecule has 0 bridgehead atoms. The topological polar surface area (TPSA) is 51.0 Å². The van der Waals surface area contributed by atoms with E-state index in [1.54, 1.807) is 22.1 Å². The van der Waals surface area contributed by atoms with E-state index in [0.29, 0.717) is 18.7 Å². The molecule has 0 aliphatic carbocycles. The van der Waals surface area contributed by atoms with Gasteiger partial charge in [0.2, 0.25) is 0 Å². The van der Waals surface area contributed by atoms with Crippen LogP contribution in [0.2, 0.25) is 0 Å². The summed E-state index contributed by atoms with van der Waals surface area (Å²) in [6, 6.07) is 16.1. The van der Waals surface area contributed by atoms with E-state index in [9.17, 15) is 4.79 Å². The highest BCUT2D eigenvalue weighted by molar-refractivity contribution is 7.13. The molecule has 0 fully saturated rings. The number of fused-ring (bicyclic) bond motifs is 1. The van der Waals surface area contributed by atoms with Crippen LogP contribution in [0.25, 0.3) is 21.6 Å². The molecule has 5 nitrogen and oxygen atoms in total. The van der Waals surface area contributed by atoms with E-state index < -0.39 is 0 Å². The van der Waals surface area contributed by atoms with Gasteiger partial charge in [0, 0.05) is 20.1 Å². The van der Waals surface area contributed by atoms with Crippen LogP contribution >= 0.6 is 11.3 Å². The maximum Gasteiger partial charge on any atom is 0.255 e. The molecule has 0 radical (unpaired) electrons. The van der Waals surface area contributed by atoms with Gasteiger partial charge in [-0.25, -0.2) is 4.98 Å². The summed E-state index contributed by atoms with van der Waals surface area (Å²) >= 11 is 1.61. The predicted octanol–water partition coefficient (Wildman–Crippen LogP) is 4.88. The average Bonchev–Trinajstić information content (AvgIpc) is 3.39. The van der Waals surface area contributed by atoms with Crippen LogP contribution in [0.15, 0.2) is 66.6 Å². The number of thiophene rings is 1. The van der Waals surface area contributed by atoms with Crippen molar-refractivity contribution in [3.8, 4) is 10.6 Å². The fourth-order valence-corrected chi connectivity index (χ4v) is 4.36. The van der Waals surface area contributed by atoms with Crippen LogP contribution in [0.4, 0.5) is 0 Å². The maximum atomic E-state index is 13.7. The van der Waals surface area contributed by atoms with Gasteiger partial charge in [0.05, 0.1) is 27.2 Å². The van der Waals surface area contributed by atoms with Crippen molar-refractivity contribution in [3.05, 3.63) is 83.4 Å². The second kappa shape index (κ2) is 8.63. The minimum absolute atomic E-state index is 0.0212. The number of hydrogen-bond acceptors (Lipinski definition) is 4. The SMILES string of the molecule is C=CCN(CCc1ccccc1)C(=O)c1cc(-c2cccs2)nc2c1c(C)nn2C. The molecule has 0 aliphatic rings. The molecule has 152 valence electrons. The Morgan fingerprint density at radius 2 is 2.03 bits per heavy atom. The van der Waals surface area contributed by atoms with Gasteiger partial charge in [0.1, 0.15) is 0 Å². The number of amides is 1. The molecule has 4 aromatic rings. The number of hydrogen-bond donors (Lipinski definition) is 0. The molecule has 1 amide bonds. The van der Waals surface area contributed by atoms with Crippen molar-refractivity contribution in [3.63, 3.8) is 0 Å². The van der Waals surface area contributed by atoms with Crippen LogP contribution in [-0.4, -0.2) is 38.7 Å². The van der Waals surface area contributed by atoms with E-state index >= 15 is 0 Å². The van der Waals surface area contributed by atoms with Gasteiger partial charge in [-0.1, -0.05) is 42.5 Å². The Bertz CT molecular complexity index is 1180. The standard InChI is InChI=1S/C24H24N4OS/c1-4-13-28(14-12-18-9-6-5-7-10-18)24(29)19-16-20(21-11-8-15-30-21)25-23-22(19)17(2)26-27(23)3/h4-11,15-16H,1,12-14H2,2-3H3. The van der Waals surface area contributed by atoms with Crippen LogP contribution in [-0.2, 0) is 13.5 Å². The molecule has 0 aliphatic heterocycles. The molecule has 3 heterocycles. The second-order valence-electron chi connectivity index (χ2n) is 7.22. The molecule has 0 N–H and O–H groups in total. The van der Waals surface area contributed by atoms with Gasteiger partial charge in [0.15, 0.2) is 5.65 Å². The Kier molecular flexibility index (Phi) is 5.77. The van der Waals surface area contributed by atoms with Gasteiger partial charge in [-0.15, -0.1) is 17.9 Å². The van der Waals surface area contributed by atoms with E-state index in [0.717, 1.165) is 33.7 Å². The Balaban J connectivity index is 1.75. The third kappa shape index (κ3) is 3.91. The quantitative estimate of drug-likeness (QED) is 0.404. The van der Waals surface area contributed by atoms with Gasteiger partial charge in [-0.2, -0.15) is 5.10 Å². The highest BCUT2D eigenvalue weighted by atomic mass is 32.1. The lowest BCUT2D eigenvalue weighted by Crippen LogP contribution is -2.33. The highest BCUT2D eigenvalue weighted by Crippen LogP contribution is 2.30. The normalized spacial score (nSPS) is 11.0. The summed E-state index contributed by atoms with van der Waals surface area (Å²) in [7, 11) is 1.87. The number of rotatable bonds is 7. The number of pyridine rings is 1. The van der Waals surface area contributed by atoms with Crippen LogP contribution in [0.5, 0.6) is 0 Å². The number of carbonyl (C=O) groups is 1. The summed E-state index contributed by atoms with van der Waals surface area (Å²) in [6.45, 7) is 6.88. The minimum Gasteiger partial charge on any atom is -0.335 e. The van der Waals surface area contributed by atoms with Crippen molar-refractivity contribution in [1.82, 2.24) is 19.7 Å². The van der Waals surface area contributed by atoms with Crippen molar-refractivity contribution in [2.45, 2.75) is 13.3 Å². The molecule has 1 aromatic carbocycles. The summed E-state index contributed by atoms with van der Waals surface area (Å²) in [6.07, 6.45) is 2.57. The lowest BCUT2D eigenvalue weighted by Gasteiger charge is -2.22. The summed E-state index contributed by atoms with van der Waals surface area (Å²) in [5.41, 5.74) is 4.18.